The molecule has 0 saturated carbocycles. The number of rotatable bonds is 4. The Kier molecular flexibility index (Phi) is 3.59. The zero-order valence-corrected chi connectivity index (χ0v) is 11.9. The van der Waals surface area contributed by atoms with Crippen LogP contribution in [0.15, 0.2) is 20.9 Å². The van der Waals surface area contributed by atoms with Crippen LogP contribution in [0.1, 0.15) is 19.3 Å². The van der Waals surface area contributed by atoms with Crippen molar-refractivity contribution < 1.29 is 0 Å². The number of fused-ring (bicyclic) bond motifs is 1. The fourth-order valence-electron chi connectivity index (χ4n) is 2.52. The first-order chi connectivity index (χ1) is 10.2. The summed E-state index contributed by atoms with van der Waals surface area (Å²) in [5, 5.41) is 3.30. The Hall–Kier alpha value is -2.38. The maximum Gasteiger partial charge on any atom is 0.329 e. The molecule has 2 aromatic rings. The van der Waals surface area contributed by atoms with Crippen LogP contribution in [0.3, 0.4) is 0 Å². The highest BCUT2D eigenvalue weighted by Gasteiger charge is 2.11. The van der Waals surface area contributed by atoms with Gasteiger partial charge in [-0.15, -0.1) is 0 Å². The lowest BCUT2D eigenvalue weighted by atomic mass is 10.3. The Morgan fingerprint density at radius 1 is 1.43 bits per heavy atom. The second-order valence-electron chi connectivity index (χ2n) is 5.14. The summed E-state index contributed by atoms with van der Waals surface area (Å²) in [6, 6.07) is 0. The van der Waals surface area contributed by atoms with Crippen LogP contribution in [-0.4, -0.2) is 38.0 Å². The van der Waals surface area contributed by atoms with Gasteiger partial charge in [0.2, 0.25) is 0 Å². The Balaban J connectivity index is 1.71. The third kappa shape index (κ3) is 2.61. The first-order valence-electron chi connectivity index (χ1n) is 7.08. The van der Waals surface area contributed by atoms with Crippen molar-refractivity contribution in [2.45, 2.75) is 25.8 Å². The van der Waals surface area contributed by atoms with Crippen LogP contribution >= 0.6 is 0 Å². The number of aromatic amines is 1. The lowest BCUT2D eigenvalue weighted by Gasteiger charge is -2.07. The molecular weight excluding hydrogens is 272 g/mol. The minimum Gasteiger partial charge on any atom is -0.374 e. The van der Waals surface area contributed by atoms with Gasteiger partial charge in [0, 0.05) is 33.1 Å². The second kappa shape index (κ2) is 5.55. The molecule has 3 heterocycles. The van der Waals surface area contributed by atoms with Crippen LogP contribution in [0, 0.1) is 0 Å². The van der Waals surface area contributed by atoms with Gasteiger partial charge in [-0.1, -0.05) is 0 Å². The molecule has 0 fully saturated rings. The normalized spacial score (nSPS) is 14.6. The molecule has 8 heteroatoms. The molecule has 0 aromatic carbocycles. The van der Waals surface area contributed by atoms with Crippen molar-refractivity contribution in [1.29, 1.82) is 0 Å². The summed E-state index contributed by atoms with van der Waals surface area (Å²) >= 11 is 0. The summed E-state index contributed by atoms with van der Waals surface area (Å²) in [5.41, 5.74) is 0.0181. The van der Waals surface area contributed by atoms with E-state index in [0.29, 0.717) is 17.7 Å². The molecule has 0 spiro atoms. The van der Waals surface area contributed by atoms with Gasteiger partial charge >= 0.3 is 5.69 Å². The van der Waals surface area contributed by atoms with Gasteiger partial charge in [-0.05, 0) is 12.8 Å². The monoisotopic (exact) mass is 290 g/mol. The quantitative estimate of drug-likeness (QED) is 0.748. The average Bonchev–Trinajstić information content (AvgIpc) is 3.11. The zero-order valence-electron chi connectivity index (χ0n) is 11.9. The minimum absolute atomic E-state index is 0.390. The molecule has 0 aliphatic carbocycles. The third-order valence-electron chi connectivity index (χ3n) is 3.66. The van der Waals surface area contributed by atoms with Gasteiger partial charge in [0.15, 0.2) is 11.2 Å². The molecule has 0 unspecified atom stereocenters. The predicted octanol–water partition coefficient (Wildman–Crippen LogP) is -0.405. The molecule has 112 valence electrons. The molecule has 0 atom stereocenters. The van der Waals surface area contributed by atoms with Crippen molar-refractivity contribution in [2.24, 2.45) is 12.0 Å². The average molecular weight is 290 g/mol. The third-order valence-corrected chi connectivity index (χ3v) is 3.66. The van der Waals surface area contributed by atoms with E-state index < -0.39 is 11.2 Å². The van der Waals surface area contributed by atoms with E-state index in [9.17, 15) is 9.59 Å². The number of nitrogens with zero attached hydrogens (tertiary/aromatic N) is 4. The Morgan fingerprint density at radius 3 is 3.05 bits per heavy atom. The number of aromatic nitrogens is 4. The van der Waals surface area contributed by atoms with Gasteiger partial charge in [0.05, 0.1) is 12.2 Å². The largest absolute Gasteiger partial charge is 0.374 e. The summed E-state index contributed by atoms with van der Waals surface area (Å²) in [7, 11) is 1.59. The highest BCUT2D eigenvalue weighted by Crippen LogP contribution is 2.06. The Bertz CT molecular complexity index is 797. The van der Waals surface area contributed by atoms with Gasteiger partial charge in [0.25, 0.3) is 5.56 Å². The smallest absolute Gasteiger partial charge is 0.329 e. The van der Waals surface area contributed by atoms with E-state index in [4.69, 9.17) is 0 Å². The van der Waals surface area contributed by atoms with Gasteiger partial charge in [-0.3, -0.25) is 19.3 Å². The van der Waals surface area contributed by atoms with E-state index in [1.165, 1.54) is 4.57 Å². The van der Waals surface area contributed by atoms with Gasteiger partial charge < -0.3 is 9.88 Å². The number of nitrogens with one attached hydrogen (secondary N) is 2. The number of imidazole rings is 1. The molecule has 2 aromatic heterocycles. The first kappa shape index (κ1) is 13.6. The predicted molar refractivity (Wildman–Crippen MR) is 79.8 cm³/mol. The SMILES string of the molecule is Cn1c(=O)[nH]c(=O)c2c1ncn2CCCNC1=NCCC1. The van der Waals surface area contributed by atoms with E-state index >= 15 is 0 Å². The van der Waals surface area contributed by atoms with Crippen molar-refractivity contribution in [2.75, 3.05) is 13.1 Å². The van der Waals surface area contributed by atoms with Crippen molar-refractivity contribution in [3.8, 4) is 0 Å². The fraction of sp³-hybridized carbons (Fsp3) is 0.538. The Morgan fingerprint density at radius 2 is 2.29 bits per heavy atom. The highest BCUT2D eigenvalue weighted by atomic mass is 16.2. The standard InChI is InChI=1S/C13H18N6O2/c1-18-11-10(12(20)17-13(18)21)19(8-16-11)7-3-6-15-9-4-2-5-14-9/h8H,2-7H2,1H3,(H,14,15)(H,17,20,21). The lowest BCUT2D eigenvalue weighted by molar-refractivity contribution is 0.640. The number of amidine groups is 1. The number of hydrogen-bond donors (Lipinski definition) is 2. The minimum atomic E-state index is -0.446. The fourth-order valence-corrected chi connectivity index (χ4v) is 2.52. The summed E-state index contributed by atoms with van der Waals surface area (Å²) in [4.78, 5) is 34.2. The van der Waals surface area contributed by atoms with E-state index in [0.717, 1.165) is 38.2 Å². The van der Waals surface area contributed by atoms with Crippen LogP contribution in [0.5, 0.6) is 0 Å². The maximum absolute atomic E-state index is 11.9. The molecule has 0 bridgehead atoms. The Labute approximate surface area is 120 Å². The molecule has 0 saturated heterocycles. The topological polar surface area (TPSA) is 97.1 Å². The number of hydrogen-bond acceptors (Lipinski definition) is 5. The first-order valence-corrected chi connectivity index (χ1v) is 7.08. The summed E-state index contributed by atoms with van der Waals surface area (Å²) in [5.74, 6) is 1.07. The van der Waals surface area contributed by atoms with Crippen LogP contribution < -0.4 is 16.6 Å². The molecule has 0 amide bonds. The van der Waals surface area contributed by atoms with Crippen molar-refractivity contribution >= 4 is 17.0 Å². The van der Waals surface area contributed by atoms with E-state index in [-0.39, 0.29) is 0 Å². The molecule has 0 radical (unpaired) electrons. The van der Waals surface area contributed by atoms with Crippen molar-refractivity contribution in [1.82, 2.24) is 24.4 Å². The van der Waals surface area contributed by atoms with Crippen molar-refractivity contribution in [3.05, 3.63) is 27.2 Å². The van der Waals surface area contributed by atoms with Crippen LogP contribution in [0.4, 0.5) is 0 Å². The lowest BCUT2D eigenvalue weighted by Crippen LogP contribution is -2.29. The molecule has 1 aliphatic rings. The molecule has 3 rings (SSSR count). The molecule has 8 nitrogen and oxygen atoms in total. The number of aryl methyl sites for hydroxylation is 2. The van der Waals surface area contributed by atoms with Crippen molar-refractivity contribution in [3.63, 3.8) is 0 Å². The zero-order chi connectivity index (χ0) is 14.8. The van der Waals surface area contributed by atoms with Gasteiger partial charge in [-0.2, -0.15) is 0 Å². The maximum atomic E-state index is 11.9. The van der Waals surface area contributed by atoms with Crippen LogP contribution in [0.25, 0.3) is 11.2 Å². The summed E-state index contributed by atoms with van der Waals surface area (Å²) < 4.78 is 3.13. The van der Waals surface area contributed by atoms with Crippen LogP contribution in [-0.2, 0) is 13.6 Å². The highest BCUT2D eigenvalue weighted by molar-refractivity contribution is 5.83. The molecule has 21 heavy (non-hydrogen) atoms. The summed E-state index contributed by atoms with van der Waals surface area (Å²) in [6.07, 6.45) is 4.60. The van der Waals surface area contributed by atoms with Crippen LogP contribution in [0.2, 0.25) is 0 Å². The summed E-state index contributed by atoms with van der Waals surface area (Å²) in [6.45, 7) is 2.39. The number of aliphatic imine (C=N–C) groups is 1. The van der Waals surface area contributed by atoms with E-state index in [1.54, 1.807) is 17.9 Å². The second-order valence-corrected chi connectivity index (χ2v) is 5.14. The molecule has 2 N–H and O–H groups in total. The number of H-pyrrole nitrogens is 1. The molecule has 1 aliphatic heterocycles. The van der Waals surface area contributed by atoms with E-state index in [2.05, 4.69) is 20.3 Å². The van der Waals surface area contributed by atoms with Gasteiger partial charge in [-0.25, -0.2) is 9.78 Å². The van der Waals surface area contributed by atoms with E-state index in [1.807, 2.05) is 0 Å². The molecular formula is C13H18N6O2. The van der Waals surface area contributed by atoms with Gasteiger partial charge in [0.1, 0.15) is 0 Å².